The van der Waals surface area contributed by atoms with Gasteiger partial charge in [0.05, 0.1) is 27.9 Å². The lowest BCUT2D eigenvalue weighted by molar-refractivity contribution is -0.124. The van der Waals surface area contributed by atoms with Gasteiger partial charge in [-0.15, -0.1) is 0 Å². The van der Waals surface area contributed by atoms with Crippen LogP contribution in [0.15, 0.2) is 18.2 Å². The second kappa shape index (κ2) is 9.44. The van der Waals surface area contributed by atoms with Gasteiger partial charge >= 0.3 is 0 Å². The maximum absolute atomic E-state index is 11.8. The Hall–Kier alpha value is -2.70. The van der Waals surface area contributed by atoms with E-state index in [-0.39, 0.29) is 24.4 Å². The molecule has 0 fully saturated rings. The van der Waals surface area contributed by atoms with Crippen LogP contribution in [-0.4, -0.2) is 45.7 Å². The Kier molecular flexibility index (Phi) is 7.61. The zero-order valence-corrected chi connectivity index (χ0v) is 14.6. The molecule has 0 saturated carbocycles. The summed E-state index contributed by atoms with van der Waals surface area (Å²) in [5.74, 6) is 0.857. The fraction of sp³-hybridized carbons (Fsp3) is 0.412. The summed E-state index contributed by atoms with van der Waals surface area (Å²) < 4.78 is 15.7. The summed E-state index contributed by atoms with van der Waals surface area (Å²) in [6.45, 7) is 3.63. The van der Waals surface area contributed by atoms with Gasteiger partial charge in [0.2, 0.25) is 17.6 Å². The second-order valence-corrected chi connectivity index (χ2v) is 5.23. The molecule has 0 atom stereocenters. The molecule has 1 aromatic carbocycles. The van der Waals surface area contributed by atoms with Crippen molar-refractivity contribution in [3.8, 4) is 17.2 Å². The molecule has 0 aliphatic heterocycles. The largest absolute Gasteiger partial charge is 0.493 e. The van der Waals surface area contributed by atoms with E-state index in [2.05, 4.69) is 10.6 Å². The van der Waals surface area contributed by atoms with Gasteiger partial charge in [0, 0.05) is 12.1 Å². The van der Waals surface area contributed by atoms with Crippen molar-refractivity contribution in [2.75, 3.05) is 27.9 Å². The first-order chi connectivity index (χ1) is 11.4. The number of hydrogen-bond acceptors (Lipinski definition) is 5. The van der Waals surface area contributed by atoms with Crippen LogP contribution in [0.2, 0.25) is 0 Å². The highest BCUT2D eigenvalue weighted by Gasteiger charge is 2.12. The van der Waals surface area contributed by atoms with Gasteiger partial charge in [-0.05, 0) is 37.6 Å². The Morgan fingerprint density at radius 2 is 1.67 bits per heavy atom. The maximum atomic E-state index is 11.8. The third-order valence-corrected chi connectivity index (χ3v) is 2.99. The average Bonchev–Trinajstić information content (AvgIpc) is 2.56. The molecular formula is C17H24N2O5. The summed E-state index contributed by atoms with van der Waals surface area (Å²) in [5.41, 5.74) is 0.700. The normalized spacial score (nSPS) is 10.6. The quantitative estimate of drug-likeness (QED) is 0.700. The van der Waals surface area contributed by atoms with Crippen molar-refractivity contribution in [1.29, 1.82) is 0 Å². The molecule has 24 heavy (non-hydrogen) atoms. The van der Waals surface area contributed by atoms with Crippen molar-refractivity contribution in [2.24, 2.45) is 0 Å². The van der Waals surface area contributed by atoms with Crippen molar-refractivity contribution >= 4 is 17.9 Å². The maximum Gasteiger partial charge on any atom is 0.244 e. The molecule has 0 bridgehead atoms. The van der Waals surface area contributed by atoms with Crippen LogP contribution in [0.4, 0.5) is 0 Å². The molecule has 1 rings (SSSR count). The average molecular weight is 336 g/mol. The van der Waals surface area contributed by atoms with Crippen LogP contribution in [-0.2, 0) is 9.59 Å². The van der Waals surface area contributed by atoms with Gasteiger partial charge in [0.15, 0.2) is 11.5 Å². The lowest BCUT2D eigenvalue weighted by atomic mass is 10.1. The van der Waals surface area contributed by atoms with Crippen molar-refractivity contribution in [2.45, 2.75) is 19.9 Å². The van der Waals surface area contributed by atoms with Crippen LogP contribution in [0.5, 0.6) is 17.2 Å². The van der Waals surface area contributed by atoms with Crippen LogP contribution in [0, 0.1) is 0 Å². The zero-order chi connectivity index (χ0) is 18.1. The first kappa shape index (κ1) is 19.3. The van der Waals surface area contributed by atoms with E-state index in [1.54, 1.807) is 18.2 Å². The van der Waals surface area contributed by atoms with Crippen molar-refractivity contribution in [1.82, 2.24) is 10.6 Å². The molecule has 2 amide bonds. The third kappa shape index (κ3) is 5.83. The smallest absolute Gasteiger partial charge is 0.244 e. The molecule has 0 aliphatic rings. The van der Waals surface area contributed by atoms with Crippen LogP contribution in [0.25, 0.3) is 6.08 Å². The van der Waals surface area contributed by atoms with Gasteiger partial charge in [0.25, 0.3) is 0 Å². The standard InChI is InChI=1S/C17H24N2O5/c1-11(2)19-16(21)10-18-15(20)7-6-12-8-13(22-3)17(24-5)14(9-12)23-4/h6-9,11H,10H2,1-5H3,(H,18,20)(H,19,21). The first-order valence-electron chi connectivity index (χ1n) is 7.46. The summed E-state index contributed by atoms with van der Waals surface area (Å²) in [5, 5.41) is 5.20. The predicted molar refractivity (Wildman–Crippen MR) is 91.4 cm³/mol. The first-order valence-corrected chi connectivity index (χ1v) is 7.46. The molecule has 0 saturated heterocycles. The van der Waals surface area contributed by atoms with E-state index in [1.165, 1.54) is 27.4 Å². The fourth-order valence-corrected chi connectivity index (χ4v) is 1.97. The van der Waals surface area contributed by atoms with Gasteiger partial charge in [-0.25, -0.2) is 0 Å². The molecule has 0 aliphatic carbocycles. The Morgan fingerprint density at radius 3 is 2.12 bits per heavy atom. The minimum absolute atomic E-state index is 0.0316. The van der Waals surface area contributed by atoms with E-state index in [0.717, 1.165) is 0 Å². The SMILES string of the molecule is COc1cc(C=CC(=O)NCC(=O)NC(C)C)cc(OC)c1OC. The number of amides is 2. The Morgan fingerprint density at radius 1 is 1.08 bits per heavy atom. The van der Waals surface area contributed by atoms with E-state index in [0.29, 0.717) is 22.8 Å². The van der Waals surface area contributed by atoms with Gasteiger partial charge in [-0.2, -0.15) is 0 Å². The summed E-state index contributed by atoms with van der Waals surface area (Å²) in [4.78, 5) is 23.2. The monoisotopic (exact) mass is 336 g/mol. The van der Waals surface area contributed by atoms with E-state index >= 15 is 0 Å². The highest BCUT2D eigenvalue weighted by molar-refractivity contribution is 5.94. The Labute approximate surface area is 142 Å². The van der Waals surface area contributed by atoms with Crippen LogP contribution in [0.1, 0.15) is 19.4 Å². The highest BCUT2D eigenvalue weighted by atomic mass is 16.5. The number of carbonyl (C=O) groups excluding carboxylic acids is 2. The molecule has 7 heteroatoms. The van der Waals surface area contributed by atoms with Crippen LogP contribution < -0.4 is 24.8 Å². The minimum atomic E-state index is -0.373. The topological polar surface area (TPSA) is 85.9 Å². The summed E-state index contributed by atoms with van der Waals surface area (Å²) in [6.07, 6.45) is 2.93. The molecule has 7 nitrogen and oxygen atoms in total. The molecule has 0 radical (unpaired) electrons. The molecule has 0 spiro atoms. The number of carbonyl (C=O) groups is 2. The van der Waals surface area contributed by atoms with Crippen LogP contribution >= 0.6 is 0 Å². The predicted octanol–water partition coefficient (Wildman–Crippen LogP) is 1.37. The minimum Gasteiger partial charge on any atom is -0.493 e. The summed E-state index contributed by atoms with van der Waals surface area (Å²) >= 11 is 0. The van der Waals surface area contributed by atoms with E-state index < -0.39 is 0 Å². The van der Waals surface area contributed by atoms with Gasteiger partial charge in [0.1, 0.15) is 0 Å². The molecule has 1 aromatic rings. The molecule has 0 heterocycles. The lowest BCUT2D eigenvalue weighted by Crippen LogP contribution is -2.39. The Balaban J connectivity index is 2.76. The highest BCUT2D eigenvalue weighted by Crippen LogP contribution is 2.38. The van der Waals surface area contributed by atoms with Crippen molar-refractivity contribution in [3.63, 3.8) is 0 Å². The second-order valence-electron chi connectivity index (χ2n) is 5.23. The van der Waals surface area contributed by atoms with E-state index in [4.69, 9.17) is 14.2 Å². The van der Waals surface area contributed by atoms with E-state index in [9.17, 15) is 9.59 Å². The molecule has 0 unspecified atom stereocenters. The van der Waals surface area contributed by atoms with E-state index in [1.807, 2.05) is 13.8 Å². The lowest BCUT2D eigenvalue weighted by Gasteiger charge is -2.12. The molecule has 0 aromatic heterocycles. The molecule has 2 N–H and O–H groups in total. The van der Waals surface area contributed by atoms with Crippen LogP contribution in [0.3, 0.4) is 0 Å². The fourth-order valence-electron chi connectivity index (χ4n) is 1.97. The van der Waals surface area contributed by atoms with Gasteiger partial charge in [-0.3, -0.25) is 9.59 Å². The number of hydrogen-bond donors (Lipinski definition) is 2. The number of nitrogens with one attached hydrogen (secondary N) is 2. The zero-order valence-electron chi connectivity index (χ0n) is 14.6. The Bertz CT molecular complexity index is 586. The number of benzene rings is 1. The number of rotatable bonds is 8. The third-order valence-electron chi connectivity index (χ3n) is 2.99. The van der Waals surface area contributed by atoms with Gasteiger partial charge in [-0.1, -0.05) is 0 Å². The number of methoxy groups -OCH3 is 3. The van der Waals surface area contributed by atoms with Gasteiger partial charge < -0.3 is 24.8 Å². The molecular weight excluding hydrogens is 312 g/mol. The molecule has 132 valence electrons. The summed E-state index contributed by atoms with van der Waals surface area (Å²) in [6, 6.07) is 3.47. The van der Waals surface area contributed by atoms with Crippen molar-refractivity contribution in [3.05, 3.63) is 23.8 Å². The number of ether oxygens (including phenoxy) is 3. The summed E-state index contributed by atoms with van der Waals surface area (Å²) in [7, 11) is 4.56. The van der Waals surface area contributed by atoms with Crippen molar-refractivity contribution < 1.29 is 23.8 Å².